The molecule has 1 saturated heterocycles. The van der Waals surface area contributed by atoms with Gasteiger partial charge in [-0.1, -0.05) is 35.3 Å². The zero-order chi connectivity index (χ0) is 18.4. The maximum absolute atomic E-state index is 9.92. The first-order valence-electron chi connectivity index (χ1n) is 8.83. The van der Waals surface area contributed by atoms with Crippen LogP contribution in [-0.2, 0) is 6.61 Å². The molecule has 2 aromatic rings. The summed E-state index contributed by atoms with van der Waals surface area (Å²) in [6.45, 7) is 1.64. The number of pyridine rings is 1. The fourth-order valence-corrected chi connectivity index (χ4v) is 4.85. The lowest BCUT2D eigenvalue weighted by molar-refractivity contribution is 0.277. The van der Waals surface area contributed by atoms with E-state index in [0.29, 0.717) is 50.6 Å². The molecule has 26 heavy (non-hydrogen) atoms. The SMILES string of the molecule is Nc1cc(-c2cccc(Cl)c2Cl)nc(CO)c1N1CC2CC(N)CC2C1. The number of aliphatic hydroxyl groups excluding tert-OH is 1. The molecular weight excluding hydrogens is 371 g/mol. The molecule has 1 aromatic carbocycles. The second-order valence-corrected chi connectivity index (χ2v) is 8.09. The van der Waals surface area contributed by atoms with Gasteiger partial charge in [0.25, 0.3) is 0 Å². The number of rotatable bonds is 3. The van der Waals surface area contributed by atoms with Crippen LogP contribution in [0, 0.1) is 11.8 Å². The zero-order valence-electron chi connectivity index (χ0n) is 14.3. The molecule has 7 heteroatoms. The predicted molar refractivity (Wildman–Crippen MR) is 106 cm³/mol. The number of nitrogens with zero attached hydrogens (tertiary/aromatic N) is 2. The maximum atomic E-state index is 9.92. The molecule has 0 spiro atoms. The lowest BCUT2D eigenvalue weighted by atomic mass is 10.0. The normalized spacial score (nSPS) is 24.9. The highest BCUT2D eigenvalue weighted by molar-refractivity contribution is 6.43. The molecule has 1 aliphatic carbocycles. The van der Waals surface area contributed by atoms with Gasteiger partial charge in [-0.05, 0) is 36.8 Å². The summed E-state index contributed by atoms with van der Waals surface area (Å²) in [7, 11) is 0. The summed E-state index contributed by atoms with van der Waals surface area (Å²) in [6.07, 6.45) is 2.11. The number of benzene rings is 1. The lowest BCUT2D eigenvalue weighted by Crippen LogP contribution is -2.27. The topological polar surface area (TPSA) is 88.4 Å². The Hall–Kier alpha value is -1.53. The number of aliphatic hydroxyl groups is 1. The number of nitrogen functional groups attached to an aromatic ring is 1. The van der Waals surface area contributed by atoms with E-state index in [9.17, 15) is 5.11 Å². The number of hydrogen-bond donors (Lipinski definition) is 3. The smallest absolute Gasteiger partial charge is 0.0919 e. The Balaban J connectivity index is 1.70. The molecule has 5 nitrogen and oxygen atoms in total. The lowest BCUT2D eigenvalue weighted by Gasteiger charge is -2.25. The van der Waals surface area contributed by atoms with E-state index in [1.54, 1.807) is 6.07 Å². The van der Waals surface area contributed by atoms with Gasteiger partial charge in [0.15, 0.2) is 0 Å². The number of fused-ring (bicyclic) bond motifs is 1. The van der Waals surface area contributed by atoms with Crippen molar-refractivity contribution in [2.45, 2.75) is 25.5 Å². The van der Waals surface area contributed by atoms with Crippen LogP contribution in [0.15, 0.2) is 24.3 Å². The highest BCUT2D eigenvalue weighted by atomic mass is 35.5. The van der Waals surface area contributed by atoms with E-state index in [4.69, 9.17) is 34.7 Å². The van der Waals surface area contributed by atoms with Gasteiger partial charge in [0, 0.05) is 24.7 Å². The molecule has 0 bridgehead atoms. The zero-order valence-corrected chi connectivity index (χ0v) is 15.8. The highest BCUT2D eigenvalue weighted by Gasteiger charge is 2.40. The van der Waals surface area contributed by atoms with Gasteiger partial charge in [-0.15, -0.1) is 0 Å². The van der Waals surface area contributed by atoms with E-state index >= 15 is 0 Å². The summed E-state index contributed by atoms with van der Waals surface area (Å²) in [5.74, 6) is 1.19. The third-order valence-corrected chi connectivity index (χ3v) is 6.39. The van der Waals surface area contributed by atoms with E-state index < -0.39 is 0 Å². The van der Waals surface area contributed by atoms with Crippen molar-refractivity contribution in [3.63, 3.8) is 0 Å². The van der Waals surface area contributed by atoms with Crippen LogP contribution in [0.25, 0.3) is 11.3 Å². The van der Waals surface area contributed by atoms with Gasteiger partial charge in [0.05, 0.1) is 39.4 Å². The van der Waals surface area contributed by atoms with Crippen LogP contribution in [-0.4, -0.2) is 29.2 Å². The molecule has 2 fully saturated rings. The van der Waals surface area contributed by atoms with Crippen LogP contribution < -0.4 is 16.4 Å². The molecule has 0 radical (unpaired) electrons. The Morgan fingerprint density at radius 2 is 1.88 bits per heavy atom. The van der Waals surface area contributed by atoms with Crippen LogP contribution in [0.3, 0.4) is 0 Å². The second-order valence-electron chi connectivity index (χ2n) is 7.31. The Labute approximate surface area is 162 Å². The molecule has 2 atom stereocenters. The third-order valence-electron chi connectivity index (χ3n) is 5.58. The summed E-state index contributed by atoms with van der Waals surface area (Å²) < 4.78 is 0. The van der Waals surface area contributed by atoms with Crippen molar-refractivity contribution in [1.82, 2.24) is 4.98 Å². The Bertz CT molecular complexity index is 831. The third kappa shape index (κ3) is 3.03. The van der Waals surface area contributed by atoms with Crippen molar-refractivity contribution >= 4 is 34.6 Å². The summed E-state index contributed by atoms with van der Waals surface area (Å²) >= 11 is 12.4. The van der Waals surface area contributed by atoms with E-state index in [0.717, 1.165) is 31.6 Å². The van der Waals surface area contributed by atoms with Gasteiger partial charge >= 0.3 is 0 Å². The fraction of sp³-hybridized carbons (Fsp3) is 0.421. The molecule has 2 aliphatic rings. The standard InChI is InChI=1S/C19H22Cl2N4O/c20-14-3-1-2-13(18(14)21)16-6-15(23)19(17(9-26)24-16)25-7-10-4-12(22)5-11(10)8-25/h1-3,6,10-12,26H,4-5,7-9,22H2,(H2,23,24). The van der Waals surface area contributed by atoms with Gasteiger partial charge in [-0.25, -0.2) is 4.98 Å². The van der Waals surface area contributed by atoms with E-state index in [1.807, 2.05) is 18.2 Å². The Morgan fingerprint density at radius 1 is 1.19 bits per heavy atom. The molecule has 5 N–H and O–H groups in total. The summed E-state index contributed by atoms with van der Waals surface area (Å²) in [5, 5.41) is 10.8. The first-order valence-corrected chi connectivity index (χ1v) is 9.58. The minimum absolute atomic E-state index is 0.184. The number of hydrogen-bond acceptors (Lipinski definition) is 5. The van der Waals surface area contributed by atoms with E-state index in [2.05, 4.69) is 9.88 Å². The van der Waals surface area contributed by atoms with Crippen molar-refractivity contribution in [2.75, 3.05) is 23.7 Å². The number of anilines is 2. The number of aromatic nitrogens is 1. The second kappa shape index (κ2) is 6.89. The largest absolute Gasteiger partial charge is 0.397 e. The van der Waals surface area contributed by atoms with E-state index in [-0.39, 0.29) is 6.61 Å². The Kier molecular flexibility index (Phi) is 4.73. The van der Waals surface area contributed by atoms with Crippen molar-refractivity contribution in [3.05, 3.63) is 40.0 Å². The average molecular weight is 393 g/mol. The van der Waals surface area contributed by atoms with Crippen molar-refractivity contribution in [2.24, 2.45) is 17.6 Å². The van der Waals surface area contributed by atoms with Crippen LogP contribution >= 0.6 is 23.2 Å². The summed E-state index contributed by atoms with van der Waals surface area (Å²) in [5.41, 5.74) is 15.8. The maximum Gasteiger partial charge on any atom is 0.0919 e. The average Bonchev–Trinajstić information content (AvgIpc) is 3.13. The van der Waals surface area contributed by atoms with Crippen LogP contribution in [0.2, 0.25) is 10.0 Å². The summed E-state index contributed by atoms with van der Waals surface area (Å²) in [6, 6.07) is 7.52. The van der Waals surface area contributed by atoms with E-state index in [1.165, 1.54) is 0 Å². The molecule has 138 valence electrons. The molecule has 1 aromatic heterocycles. The van der Waals surface area contributed by atoms with Gasteiger partial charge in [0.1, 0.15) is 0 Å². The Morgan fingerprint density at radius 3 is 2.54 bits per heavy atom. The molecule has 1 aliphatic heterocycles. The minimum Gasteiger partial charge on any atom is -0.397 e. The molecule has 1 saturated carbocycles. The van der Waals surface area contributed by atoms with Crippen LogP contribution in [0.4, 0.5) is 11.4 Å². The highest BCUT2D eigenvalue weighted by Crippen LogP contribution is 2.43. The van der Waals surface area contributed by atoms with Gasteiger partial charge in [-0.3, -0.25) is 0 Å². The van der Waals surface area contributed by atoms with Crippen molar-refractivity contribution in [3.8, 4) is 11.3 Å². The number of halogens is 2. The van der Waals surface area contributed by atoms with Gasteiger partial charge in [0.2, 0.25) is 0 Å². The molecule has 2 unspecified atom stereocenters. The van der Waals surface area contributed by atoms with Crippen LogP contribution in [0.1, 0.15) is 18.5 Å². The summed E-state index contributed by atoms with van der Waals surface area (Å²) in [4.78, 5) is 6.89. The van der Waals surface area contributed by atoms with Gasteiger partial charge in [-0.2, -0.15) is 0 Å². The predicted octanol–water partition coefficient (Wildman–Crippen LogP) is 3.30. The van der Waals surface area contributed by atoms with Crippen molar-refractivity contribution < 1.29 is 5.11 Å². The van der Waals surface area contributed by atoms with Gasteiger partial charge < -0.3 is 21.5 Å². The number of nitrogens with two attached hydrogens (primary N) is 2. The minimum atomic E-state index is -0.184. The molecule has 2 heterocycles. The fourth-order valence-electron chi connectivity index (χ4n) is 4.46. The quantitative estimate of drug-likeness (QED) is 0.745. The first-order chi connectivity index (χ1) is 12.5. The van der Waals surface area contributed by atoms with Crippen molar-refractivity contribution in [1.29, 1.82) is 0 Å². The van der Waals surface area contributed by atoms with Crippen LogP contribution in [0.5, 0.6) is 0 Å². The molecule has 4 rings (SSSR count). The first kappa shape index (κ1) is 17.9. The monoisotopic (exact) mass is 392 g/mol. The molecule has 0 amide bonds. The molecular formula is C19H22Cl2N4O.